The lowest BCUT2D eigenvalue weighted by atomic mass is 10.3. The summed E-state index contributed by atoms with van der Waals surface area (Å²) < 4.78 is 0. The Kier molecular flexibility index (Phi) is 2.02. The van der Waals surface area contributed by atoms with Crippen molar-refractivity contribution in [3.8, 4) is 0 Å². The summed E-state index contributed by atoms with van der Waals surface area (Å²) in [4.78, 5) is 3.89. The molecule has 0 aliphatic rings. The molecule has 1 aromatic heterocycles. The van der Waals surface area contributed by atoms with Gasteiger partial charge < -0.3 is 5.73 Å². The first-order valence-corrected chi connectivity index (χ1v) is 3.45. The van der Waals surface area contributed by atoms with E-state index in [1.807, 2.05) is 0 Å². The largest absolute Gasteiger partial charge is 0.397 e. The molecule has 1 heterocycles. The second kappa shape index (κ2) is 2.64. The third kappa shape index (κ3) is 1.33. The molecule has 0 fully saturated rings. The number of aromatic nitrogens is 1. The molecular formula is C6H6Cl2N2. The number of nitrogens with two attached hydrogens (primary N) is 1. The van der Waals surface area contributed by atoms with Crippen molar-refractivity contribution < 1.29 is 0 Å². The first-order chi connectivity index (χ1) is 4.61. The molecule has 10 heavy (non-hydrogen) atoms. The second-order valence-electron chi connectivity index (χ2n) is 1.93. The third-order valence-corrected chi connectivity index (χ3v) is 1.81. The van der Waals surface area contributed by atoms with Gasteiger partial charge in [-0.3, -0.25) is 0 Å². The van der Waals surface area contributed by atoms with Crippen LogP contribution in [0.5, 0.6) is 0 Å². The summed E-state index contributed by atoms with van der Waals surface area (Å²) in [6.45, 7) is 1.75. The van der Waals surface area contributed by atoms with Gasteiger partial charge >= 0.3 is 0 Å². The molecule has 2 N–H and O–H groups in total. The highest BCUT2D eigenvalue weighted by Gasteiger charge is 2.01. The lowest BCUT2D eigenvalue weighted by Crippen LogP contribution is -1.91. The molecule has 0 radical (unpaired) electrons. The zero-order chi connectivity index (χ0) is 7.72. The second-order valence-corrected chi connectivity index (χ2v) is 2.70. The van der Waals surface area contributed by atoms with Crippen LogP contribution in [0.15, 0.2) is 6.07 Å². The molecule has 0 aliphatic carbocycles. The maximum absolute atomic E-state index is 5.70. The zero-order valence-corrected chi connectivity index (χ0v) is 6.87. The summed E-state index contributed by atoms with van der Waals surface area (Å²) >= 11 is 11.3. The van der Waals surface area contributed by atoms with E-state index in [0.29, 0.717) is 21.6 Å². The lowest BCUT2D eigenvalue weighted by molar-refractivity contribution is 1.20. The van der Waals surface area contributed by atoms with Gasteiger partial charge in [0, 0.05) is 0 Å². The molecule has 2 nitrogen and oxygen atoms in total. The summed E-state index contributed by atoms with van der Waals surface area (Å²) in [5.74, 6) is 0. The molecule has 54 valence electrons. The summed E-state index contributed by atoms with van der Waals surface area (Å²) in [6.07, 6.45) is 0. The SMILES string of the molecule is Cc1nc(Cl)cc(N)c1Cl. The van der Waals surface area contributed by atoms with Gasteiger partial charge in [-0.15, -0.1) is 0 Å². The van der Waals surface area contributed by atoms with E-state index < -0.39 is 0 Å². The number of nitrogens with zero attached hydrogens (tertiary/aromatic N) is 1. The summed E-state index contributed by atoms with van der Waals surface area (Å²) in [5, 5.41) is 0.851. The van der Waals surface area contributed by atoms with Crippen LogP contribution in [0.25, 0.3) is 0 Å². The lowest BCUT2D eigenvalue weighted by Gasteiger charge is -2.00. The van der Waals surface area contributed by atoms with Crippen LogP contribution >= 0.6 is 23.2 Å². The number of rotatable bonds is 0. The zero-order valence-electron chi connectivity index (χ0n) is 5.36. The van der Waals surface area contributed by atoms with Crippen LogP contribution in [-0.4, -0.2) is 4.98 Å². The number of nitrogen functional groups attached to an aromatic ring is 1. The average molecular weight is 177 g/mol. The maximum Gasteiger partial charge on any atom is 0.131 e. The molecule has 1 aromatic rings. The molecule has 0 saturated heterocycles. The van der Waals surface area contributed by atoms with Crippen LogP contribution in [0.4, 0.5) is 5.69 Å². The Balaban J connectivity index is 3.31. The van der Waals surface area contributed by atoms with E-state index in [1.54, 1.807) is 6.92 Å². The molecule has 0 saturated carbocycles. The Morgan fingerprint density at radius 3 is 2.60 bits per heavy atom. The molecule has 0 aromatic carbocycles. The van der Waals surface area contributed by atoms with E-state index in [4.69, 9.17) is 28.9 Å². The highest BCUT2D eigenvalue weighted by atomic mass is 35.5. The van der Waals surface area contributed by atoms with Gasteiger partial charge in [-0.25, -0.2) is 4.98 Å². The Morgan fingerprint density at radius 2 is 2.10 bits per heavy atom. The maximum atomic E-state index is 5.70. The third-order valence-electron chi connectivity index (χ3n) is 1.12. The van der Waals surface area contributed by atoms with E-state index in [9.17, 15) is 0 Å². The number of aryl methyl sites for hydroxylation is 1. The minimum Gasteiger partial charge on any atom is -0.397 e. The molecule has 4 heteroatoms. The normalized spacial score (nSPS) is 9.90. The monoisotopic (exact) mass is 176 g/mol. The van der Waals surface area contributed by atoms with E-state index in [2.05, 4.69) is 4.98 Å². The Morgan fingerprint density at radius 1 is 1.50 bits per heavy atom. The van der Waals surface area contributed by atoms with Gasteiger partial charge in [-0.1, -0.05) is 23.2 Å². The smallest absolute Gasteiger partial charge is 0.131 e. The fourth-order valence-corrected chi connectivity index (χ4v) is 0.983. The first kappa shape index (κ1) is 7.63. The van der Waals surface area contributed by atoms with Gasteiger partial charge in [0.05, 0.1) is 16.4 Å². The average Bonchev–Trinajstić information content (AvgIpc) is 1.82. The van der Waals surface area contributed by atoms with Crippen LogP contribution in [-0.2, 0) is 0 Å². The van der Waals surface area contributed by atoms with Gasteiger partial charge in [0.2, 0.25) is 0 Å². The van der Waals surface area contributed by atoms with Gasteiger partial charge in [-0.2, -0.15) is 0 Å². The minimum absolute atomic E-state index is 0.374. The molecule has 0 bridgehead atoms. The predicted octanol–water partition coefficient (Wildman–Crippen LogP) is 2.28. The predicted molar refractivity (Wildman–Crippen MR) is 43.4 cm³/mol. The van der Waals surface area contributed by atoms with Crippen molar-refractivity contribution in [2.45, 2.75) is 6.92 Å². The highest BCUT2D eigenvalue weighted by molar-refractivity contribution is 6.35. The standard InChI is InChI=1S/C6H6Cl2N2/c1-3-6(8)4(9)2-5(7)10-3/h2H,1H3,(H2,9,10). The fraction of sp³-hybridized carbons (Fsp3) is 0.167. The minimum atomic E-state index is 0.374. The number of hydrogen-bond acceptors (Lipinski definition) is 2. The molecule has 0 spiro atoms. The Labute approximate surface area is 69.0 Å². The summed E-state index contributed by atoms with van der Waals surface area (Å²) in [7, 11) is 0. The molecule has 0 amide bonds. The van der Waals surface area contributed by atoms with E-state index in [1.165, 1.54) is 6.07 Å². The number of anilines is 1. The molecular weight excluding hydrogens is 171 g/mol. The van der Waals surface area contributed by atoms with Crippen molar-refractivity contribution in [3.05, 3.63) is 21.9 Å². The first-order valence-electron chi connectivity index (χ1n) is 2.69. The fourth-order valence-electron chi connectivity index (χ4n) is 0.642. The Hall–Kier alpha value is -0.470. The van der Waals surface area contributed by atoms with Crippen molar-refractivity contribution in [1.82, 2.24) is 4.98 Å². The van der Waals surface area contributed by atoms with Crippen LogP contribution in [0.3, 0.4) is 0 Å². The highest BCUT2D eigenvalue weighted by Crippen LogP contribution is 2.23. The van der Waals surface area contributed by atoms with Gasteiger partial charge in [-0.05, 0) is 13.0 Å². The molecule has 1 rings (SSSR count). The molecule has 0 atom stereocenters. The van der Waals surface area contributed by atoms with Crippen molar-refractivity contribution in [2.24, 2.45) is 0 Å². The molecule has 0 unspecified atom stereocenters. The Bertz CT molecular complexity index is 237. The quantitative estimate of drug-likeness (QED) is 0.617. The molecule has 0 aliphatic heterocycles. The van der Waals surface area contributed by atoms with Crippen LogP contribution in [0.1, 0.15) is 5.69 Å². The van der Waals surface area contributed by atoms with Crippen molar-refractivity contribution in [1.29, 1.82) is 0 Å². The summed E-state index contributed by atoms with van der Waals surface area (Å²) in [5.41, 5.74) is 6.60. The van der Waals surface area contributed by atoms with Crippen LogP contribution in [0, 0.1) is 6.92 Å². The van der Waals surface area contributed by atoms with Crippen molar-refractivity contribution in [2.75, 3.05) is 5.73 Å². The van der Waals surface area contributed by atoms with Gasteiger partial charge in [0.1, 0.15) is 5.15 Å². The summed E-state index contributed by atoms with van der Waals surface area (Å²) in [6, 6.07) is 1.52. The number of halogens is 2. The van der Waals surface area contributed by atoms with Gasteiger partial charge in [0.25, 0.3) is 0 Å². The van der Waals surface area contributed by atoms with Crippen molar-refractivity contribution >= 4 is 28.9 Å². The van der Waals surface area contributed by atoms with Crippen molar-refractivity contribution in [3.63, 3.8) is 0 Å². The van der Waals surface area contributed by atoms with E-state index >= 15 is 0 Å². The number of pyridine rings is 1. The number of hydrogen-bond donors (Lipinski definition) is 1. The van der Waals surface area contributed by atoms with Crippen LogP contribution in [0.2, 0.25) is 10.2 Å². The van der Waals surface area contributed by atoms with E-state index in [0.717, 1.165) is 0 Å². The van der Waals surface area contributed by atoms with E-state index in [-0.39, 0.29) is 0 Å². The van der Waals surface area contributed by atoms with Crippen LogP contribution < -0.4 is 5.73 Å². The topological polar surface area (TPSA) is 38.9 Å². The van der Waals surface area contributed by atoms with Gasteiger partial charge in [0.15, 0.2) is 0 Å².